The van der Waals surface area contributed by atoms with Crippen LogP contribution < -0.4 is 11.1 Å². The number of rotatable bonds is 2. The first-order valence-corrected chi connectivity index (χ1v) is 6.80. The second kappa shape index (κ2) is 5.29. The highest BCUT2D eigenvalue weighted by Crippen LogP contribution is 2.34. The van der Waals surface area contributed by atoms with Crippen LogP contribution in [0.5, 0.6) is 0 Å². The average molecular weight is 376 g/mol. The second-order valence-corrected chi connectivity index (χ2v) is 5.63. The number of nitrogens with two attached hydrogens (primary N) is 1. The number of nitrogens with one attached hydrogen (secondary N) is 1. The molecule has 0 spiro atoms. The molecule has 0 aromatic heterocycles. The predicted octanol–water partition coefficient (Wildman–Crippen LogP) is 5.19. The summed E-state index contributed by atoms with van der Waals surface area (Å²) in [6.07, 6.45) is 0. The Morgan fingerprint density at radius 1 is 1.12 bits per heavy atom. The number of anilines is 3. The molecule has 5 heteroatoms. The average Bonchev–Trinajstić information content (AvgIpc) is 2.28. The number of benzene rings is 2. The Labute approximate surface area is 121 Å². The maximum absolute atomic E-state index is 6.10. The first kappa shape index (κ1) is 12.7. The van der Waals surface area contributed by atoms with E-state index >= 15 is 0 Å². The minimum Gasteiger partial charge on any atom is -0.397 e. The molecule has 0 unspecified atom stereocenters. The predicted molar refractivity (Wildman–Crippen MR) is 81.0 cm³/mol. The van der Waals surface area contributed by atoms with Crippen molar-refractivity contribution in [3.63, 3.8) is 0 Å². The summed E-state index contributed by atoms with van der Waals surface area (Å²) < 4.78 is 1.92. The zero-order valence-corrected chi connectivity index (χ0v) is 12.6. The summed E-state index contributed by atoms with van der Waals surface area (Å²) in [4.78, 5) is 0. The van der Waals surface area contributed by atoms with Gasteiger partial charge in [0.25, 0.3) is 0 Å². The second-order valence-electron chi connectivity index (χ2n) is 3.45. The van der Waals surface area contributed by atoms with E-state index < -0.39 is 0 Å². The molecular formula is C12H9Br2ClN2. The van der Waals surface area contributed by atoms with Crippen LogP contribution in [0.4, 0.5) is 17.1 Å². The topological polar surface area (TPSA) is 38.0 Å². The summed E-state index contributed by atoms with van der Waals surface area (Å²) in [5, 5.41) is 3.81. The molecule has 88 valence electrons. The van der Waals surface area contributed by atoms with Gasteiger partial charge in [0.05, 0.1) is 22.1 Å². The number of hydrogen-bond donors (Lipinski definition) is 2. The van der Waals surface area contributed by atoms with Gasteiger partial charge in [-0.3, -0.25) is 0 Å². The Morgan fingerprint density at radius 3 is 2.59 bits per heavy atom. The third-order valence-corrected chi connectivity index (χ3v) is 3.73. The molecule has 17 heavy (non-hydrogen) atoms. The third-order valence-electron chi connectivity index (χ3n) is 2.23. The van der Waals surface area contributed by atoms with Crippen molar-refractivity contribution in [3.05, 3.63) is 50.4 Å². The van der Waals surface area contributed by atoms with Gasteiger partial charge in [0.15, 0.2) is 0 Å². The van der Waals surface area contributed by atoms with E-state index in [1.807, 2.05) is 24.3 Å². The van der Waals surface area contributed by atoms with Gasteiger partial charge in [-0.25, -0.2) is 0 Å². The van der Waals surface area contributed by atoms with Crippen molar-refractivity contribution in [1.29, 1.82) is 0 Å². The Bertz CT molecular complexity index is 538. The van der Waals surface area contributed by atoms with Crippen LogP contribution in [-0.4, -0.2) is 0 Å². The smallest absolute Gasteiger partial charge is 0.0807 e. The summed E-state index contributed by atoms with van der Waals surface area (Å²) in [7, 11) is 0. The van der Waals surface area contributed by atoms with Crippen LogP contribution in [0, 0.1) is 0 Å². The van der Waals surface area contributed by atoms with E-state index in [1.165, 1.54) is 0 Å². The maximum Gasteiger partial charge on any atom is 0.0807 e. The largest absolute Gasteiger partial charge is 0.397 e. The molecule has 0 saturated carbocycles. The molecule has 3 N–H and O–H groups in total. The fraction of sp³-hybridized carbons (Fsp3) is 0. The molecule has 0 bridgehead atoms. The highest BCUT2D eigenvalue weighted by molar-refractivity contribution is 9.11. The highest BCUT2D eigenvalue weighted by Gasteiger charge is 2.07. The van der Waals surface area contributed by atoms with E-state index in [0.717, 1.165) is 14.6 Å². The lowest BCUT2D eigenvalue weighted by Crippen LogP contribution is -1.97. The lowest BCUT2D eigenvalue weighted by Gasteiger charge is -2.12. The normalized spacial score (nSPS) is 10.3. The van der Waals surface area contributed by atoms with E-state index in [-0.39, 0.29) is 0 Å². The van der Waals surface area contributed by atoms with Gasteiger partial charge in [0.2, 0.25) is 0 Å². The van der Waals surface area contributed by atoms with Crippen molar-refractivity contribution in [3.8, 4) is 0 Å². The van der Waals surface area contributed by atoms with E-state index in [4.69, 9.17) is 17.3 Å². The van der Waals surface area contributed by atoms with E-state index in [2.05, 4.69) is 37.2 Å². The molecule has 0 atom stereocenters. The monoisotopic (exact) mass is 374 g/mol. The van der Waals surface area contributed by atoms with Crippen LogP contribution in [0.3, 0.4) is 0 Å². The van der Waals surface area contributed by atoms with E-state index in [1.54, 1.807) is 12.1 Å². The molecule has 2 rings (SSSR count). The van der Waals surface area contributed by atoms with Gasteiger partial charge in [-0.2, -0.15) is 0 Å². The van der Waals surface area contributed by atoms with Crippen molar-refractivity contribution in [1.82, 2.24) is 0 Å². The van der Waals surface area contributed by atoms with Crippen LogP contribution in [0.1, 0.15) is 0 Å². The van der Waals surface area contributed by atoms with E-state index in [0.29, 0.717) is 16.4 Å². The van der Waals surface area contributed by atoms with Crippen LogP contribution >= 0.6 is 43.5 Å². The fourth-order valence-electron chi connectivity index (χ4n) is 1.40. The standard InChI is InChI=1S/C12H9Br2ClN2/c13-7-4-5-8(14)11(6-7)17-12-9(15)2-1-3-10(12)16/h1-6,17H,16H2. The van der Waals surface area contributed by atoms with Gasteiger partial charge in [-0.1, -0.05) is 33.6 Å². The molecule has 0 amide bonds. The number of para-hydroxylation sites is 1. The number of halogens is 3. The summed E-state index contributed by atoms with van der Waals surface area (Å²) >= 11 is 13.0. The highest BCUT2D eigenvalue weighted by atomic mass is 79.9. The number of hydrogen-bond acceptors (Lipinski definition) is 2. The Balaban J connectivity index is 2.41. The molecule has 0 aliphatic heterocycles. The Morgan fingerprint density at radius 2 is 1.88 bits per heavy atom. The van der Waals surface area contributed by atoms with Crippen molar-refractivity contribution >= 4 is 60.5 Å². The van der Waals surface area contributed by atoms with Crippen molar-refractivity contribution in [2.45, 2.75) is 0 Å². The minimum atomic E-state index is 0.594. The molecular weight excluding hydrogens is 367 g/mol. The number of nitrogen functional groups attached to an aromatic ring is 1. The van der Waals surface area contributed by atoms with Crippen molar-refractivity contribution in [2.24, 2.45) is 0 Å². The van der Waals surface area contributed by atoms with Gasteiger partial charge in [0.1, 0.15) is 0 Å². The quantitative estimate of drug-likeness (QED) is 0.708. The van der Waals surface area contributed by atoms with Crippen LogP contribution in [0.2, 0.25) is 5.02 Å². The molecule has 0 saturated heterocycles. The van der Waals surface area contributed by atoms with Crippen molar-refractivity contribution in [2.75, 3.05) is 11.1 Å². The first-order valence-electron chi connectivity index (χ1n) is 4.84. The summed E-state index contributed by atoms with van der Waals surface area (Å²) in [5.41, 5.74) is 8.12. The summed E-state index contributed by atoms with van der Waals surface area (Å²) in [6.45, 7) is 0. The lowest BCUT2D eigenvalue weighted by molar-refractivity contribution is 1.50. The van der Waals surface area contributed by atoms with Gasteiger partial charge >= 0.3 is 0 Å². The molecule has 2 nitrogen and oxygen atoms in total. The van der Waals surface area contributed by atoms with Gasteiger partial charge in [0, 0.05) is 8.95 Å². The lowest BCUT2D eigenvalue weighted by atomic mass is 10.2. The fourth-order valence-corrected chi connectivity index (χ4v) is 2.34. The molecule has 0 heterocycles. The zero-order chi connectivity index (χ0) is 12.4. The summed E-state index contributed by atoms with van der Waals surface area (Å²) in [6, 6.07) is 11.3. The van der Waals surface area contributed by atoms with Crippen molar-refractivity contribution < 1.29 is 0 Å². The van der Waals surface area contributed by atoms with Crippen LogP contribution in [-0.2, 0) is 0 Å². The van der Waals surface area contributed by atoms with Gasteiger partial charge in [-0.15, -0.1) is 0 Å². The first-order chi connectivity index (χ1) is 8.08. The molecule has 0 aliphatic carbocycles. The van der Waals surface area contributed by atoms with Gasteiger partial charge < -0.3 is 11.1 Å². The molecule has 0 fully saturated rings. The molecule has 2 aromatic carbocycles. The van der Waals surface area contributed by atoms with Crippen LogP contribution in [0.15, 0.2) is 45.3 Å². The third kappa shape index (κ3) is 2.94. The zero-order valence-electron chi connectivity index (χ0n) is 8.68. The Kier molecular flexibility index (Phi) is 3.97. The summed E-state index contributed by atoms with van der Waals surface area (Å²) in [5.74, 6) is 0. The Hall–Kier alpha value is -0.710. The minimum absolute atomic E-state index is 0.594. The van der Waals surface area contributed by atoms with Crippen LogP contribution in [0.25, 0.3) is 0 Å². The molecule has 0 aliphatic rings. The maximum atomic E-state index is 6.10. The SMILES string of the molecule is Nc1cccc(Cl)c1Nc1cc(Br)ccc1Br. The van der Waals surface area contributed by atoms with Gasteiger partial charge in [-0.05, 0) is 46.3 Å². The van der Waals surface area contributed by atoms with E-state index in [9.17, 15) is 0 Å². The molecule has 0 radical (unpaired) electrons. The molecule has 2 aromatic rings.